The molecule has 2 rings (SSSR count). The third kappa shape index (κ3) is 7.80. The zero-order valence-corrected chi connectivity index (χ0v) is 26.0. The Kier molecular flexibility index (Phi) is 10.2. The topological polar surface area (TPSA) is 185 Å². The number of nitrogens with one attached hydrogen (secondary N) is 3. The van der Waals surface area contributed by atoms with Gasteiger partial charge in [-0.3, -0.25) is 24.0 Å². The van der Waals surface area contributed by atoms with Gasteiger partial charge in [-0.15, -0.1) is 0 Å². The molecule has 0 bridgehead atoms. The molecular weight excluding hydrogens is 538 g/mol. The van der Waals surface area contributed by atoms with Crippen molar-refractivity contribution in [3.63, 3.8) is 0 Å². The van der Waals surface area contributed by atoms with E-state index in [0.717, 1.165) is 6.26 Å². The van der Waals surface area contributed by atoms with Gasteiger partial charge in [0.1, 0.15) is 18.1 Å². The lowest BCUT2D eigenvalue weighted by Crippen LogP contribution is -2.62. The number of sulfonamides is 1. The van der Waals surface area contributed by atoms with E-state index in [4.69, 9.17) is 5.73 Å². The number of primary amides is 1. The van der Waals surface area contributed by atoms with Gasteiger partial charge in [-0.05, 0) is 41.4 Å². The van der Waals surface area contributed by atoms with Crippen LogP contribution in [-0.2, 0) is 34.0 Å². The highest BCUT2D eigenvalue weighted by atomic mass is 32.2. The van der Waals surface area contributed by atoms with Gasteiger partial charge in [-0.25, -0.2) is 13.1 Å². The van der Waals surface area contributed by atoms with Crippen LogP contribution in [0.2, 0.25) is 0 Å². The Bertz CT molecular complexity index is 1130. The number of likely N-dealkylation sites (tertiary alicyclic amines) is 1. The van der Waals surface area contributed by atoms with Crippen molar-refractivity contribution in [2.75, 3.05) is 12.8 Å². The van der Waals surface area contributed by atoms with E-state index >= 15 is 0 Å². The average molecular weight is 586 g/mol. The van der Waals surface area contributed by atoms with Crippen molar-refractivity contribution in [2.45, 2.75) is 98.8 Å². The first kappa shape index (κ1) is 33.7. The van der Waals surface area contributed by atoms with Crippen molar-refractivity contribution in [3.05, 3.63) is 0 Å². The maximum Gasteiger partial charge on any atom is 0.287 e. The van der Waals surface area contributed by atoms with Gasteiger partial charge in [-0.1, -0.05) is 61.8 Å². The van der Waals surface area contributed by atoms with E-state index in [1.54, 1.807) is 27.7 Å². The summed E-state index contributed by atoms with van der Waals surface area (Å²) in [7, 11) is -3.70. The Balaban J connectivity index is 2.37. The molecule has 6 unspecified atom stereocenters. The van der Waals surface area contributed by atoms with Crippen LogP contribution in [0.25, 0.3) is 0 Å². The number of hydrogen-bond acceptors (Lipinski definition) is 7. The van der Waals surface area contributed by atoms with Crippen LogP contribution in [0, 0.1) is 28.6 Å². The largest absolute Gasteiger partial charge is 0.363 e. The molecule has 0 aromatic rings. The van der Waals surface area contributed by atoms with Crippen molar-refractivity contribution >= 4 is 39.4 Å². The van der Waals surface area contributed by atoms with Crippen LogP contribution >= 0.6 is 0 Å². The summed E-state index contributed by atoms with van der Waals surface area (Å²) in [6.45, 7) is 15.1. The summed E-state index contributed by atoms with van der Waals surface area (Å²) in [6.07, 6.45) is 1.93. The second-order valence-corrected chi connectivity index (χ2v) is 15.1. The summed E-state index contributed by atoms with van der Waals surface area (Å²) >= 11 is 0. The molecule has 1 aliphatic heterocycles. The van der Waals surface area contributed by atoms with Gasteiger partial charge in [0.15, 0.2) is 0 Å². The first-order chi connectivity index (χ1) is 18.1. The summed E-state index contributed by atoms with van der Waals surface area (Å²) in [5.74, 6) is -3.82. The molecule has 228 valence electrons. The molecule has 2 aliphatic rings. The van der Waals surface area contributed by atoms with Gasteiger partial charge in [0, 0.05) is 6.54 Å². The van der Waals surface area contributed by atoms with Gasteiger partial charge in [0.2, 0.25) is 33.5 Å². The van der Waals surface area contributed by atoms with Gasteiger partial charge >= 0.3 is 0 Å². The van der Waals surface area contributed by atoms with E-state index in [-0.39, 0.29) is 42.6 Å². The molecule has 12 nitrogen and oxygen atoms in total. The number of carbonyl (C=O) groups excluding carboxylic acids is 5. The number of rotatable bonds is 13. The molecule has 13 heteroatoms. The summed E-state index contributed by atoms with van der Waals surface area (Å²) in [4.78, 5) is 66.3. The minimum absolute atomic E-state index is 0.00558. The molecule has 1 saturated carbocycles. The van der Waals surface area contributed by atoms with Crippen LogP contribution in [-0.4, -0.2) is 79.7 Å². The molecular formula is C27H47N5O7S. The second kappa shape index (κ2) is 12.1. The maximum absolute atomic E-state index is 14.1. The second-order valence-electron chi connectivity index (χ2n) is 13.3. The molecule has 0 spiro atoms. The number of ketones is 1. The maximum atomic E-state index is 14.1. The number of amides is 4. The fourth-order valence-corrected chi connectivity index (χ4v) is 6.52. The van der Waals surface area contributed by atoms with Crippen LogP contribution in [0.15, 0.2) is 0 Å². The lowest BCUT2D eigenvalue weighted by atomic mass is 9.84. The number of fused-ring (bicyclic) bond motifs is 1. The summed E-state index contributed by atoms with van der Waals surface area (Å²) < 4.78 is 26.2. The molecule has 0 aromatic carbocycles. The monoisotopic (exact) mass is 585 g/mol. The molecule has 4 amide bonds. The first-order valence-electron chi connectivity index (χ1n) is 13.9. The minimum atomic E-state index is -3.70. The SMILES string of the molecule is CCCC(NC(=O)C1C2C(CN1C(=O)C(NC(=O)C(CC(C)C)NS(C)(=O)=O)C(C)(C)C)C2(C)C)C(=O)C(N)=O. The Morgan fingerprint density at radius 1 is 1.05 bits per heavy atom. The average Bonchev–Trinajstić information content (AvgIpc) is 3.13. The number of piperidine rings is 1. The molecule has 2 fully saturated rings. The fraction of sp³-hybridized carbons (Fsp3) is 0.815. The van der Waals surface area contributed by atoms with Crippen LogP contribution in [0.4, 0.5) is 0 Å². The van der Waals surface area contributed by atoms with E-state index in [1.807, 2.05) is 27.7 Å². The van der Waals surface area contributed by atoms with E-state index < -0.39 is 69.0 Å². The summed E-state index contributed by atoms with van der Waals surface area (Å²) in [5, 5.41) is 5.42. The van der Waals surface area contributed by atoms with Crippen molar-refractivity contribution < 1.29 is 32.4 Å². The Morgan fingerprint density at radius 2 is 1.62 bits per heavy atom. The standard InChI is InChI=1S/C27H47N5O7S/c1-10-11-16(20(33)22(28)34)29-24(36)19-18-15(27(18,7)8)13-32(19)25(37)21(26(4,5)6)30-23(35)17(12-14(2)3)31-40(9,38)39/h14-19,21,31H,10-13H2,1-9H3,(H2,28,34)(H,29,36)(H,30,35). The molecule has 0 radical (unpaired) electrons. The molecule has 5 N–H and O–H groups in total. The van der Waals surface area contributed by atoms with Gasteiger partial charge in [-0.2, -0.15) is 0 Å². The number of nitrogens with two attached hydrogens (primary N) is 1. The Hall–Kier alpha value is -2.54. The van der Waals surface area contributed by atoms with E-state index in [1.165, 1.54) is 4.90 Å². The lowest BCUT2D eigenvalue weighted by molar-refractivity contribution is -0.146. The van der Waals surface area contributed by atoms with Crippen molar-refractivity contribution in [1.29, 1.82) is 0 Å². The van der Waals surface area contributed by atoms with Gasteiger partial charge in [0.25, 0.3) is 5.91 Å². The van der Waals surface area contributed by atoms with Gasteiger partial charge < -0.3 is 21.3 Å². The van der Waals surface area contributed by atoms with Crippen molar-refractivity contribution in [1.82, 2.24) is 20.3 Å². The Labute approximate surface area is 238 Å². The van der Waals surface area contributed by atoms with E-state index in [0.29, 0.717) is 6.42 Å². The quantitative estimate of drug-likeness (QED) is 0.224. The third-order valence-electron chi connectivity index (χ3n) is 7.99. The molecule has 0 aromatic heterocycles. The number of nitrogens with zero attached hydrogens (tertiary/aromatic N) is 1. The molecule has 40 heavy (non-hydrogen) atoms. The zero-order chi connectivity index (χ0) is 31.0. The van der Waals surface area contributed by atoms with Crippen LogP contribution < -0.4 is 21.1 Å². The fourth-order valence-electron chi connectivity index (χ4n) is 5.80. The highest BCUT2D eigenvalue weighted by molar-refractivity contribution is 7.88. The Morgan fingerprint density at radius 3 is 2.08 bits per heavy atom. The predicted molar refractivity (Wildman–Crippen MR) is 150 cm³/mol. The van der Waals surface area contributed by atoms with Crippen LogP contribution in [0.3, 0.4) is 0 Å². The zero-order valence-electron chi connectivity index (χ0n) is 25.2. The predicted octanol–water partition coefficient (Wildman–Crippen LogP) is 0.304. The molecule has 6 atom stereocenters. The highest BCUT2D eigenvalue weighted by Crippen LogP contribution is 2.65. The lowest BCUT2D eigenvalue weighted by Gasteiger charge is -2.38. The van der Waals surface area contributed by atoms with Crippen LogP contribution in [0.5, 0.6) is 0 Å². The number of hydrogen-bond donors (Lipinski definition) is 4. The van der Waals surface area contributed by atoms with Crippen molar-refractivity contribution in [3.8, 4) is 0 Å². The van der Waals surface area contributed by atoms with E-state index in [9.17, 15) is 32.4 Å². The molecule has 1 aliphatic carbocycles. The van der Waals surface area contributed by atoms with Gasteiger partial charge in [0.05, 0.1) is 12.3 Å². The summed E-state index contributed by atoms with van der Waals surface area (Å²) in [6, 6.07) is -4.14. The first-order valence-corrected chi connectivity index (χ1v) is 15.7. The third-order valence-corrected chi connectivity index (χ3v) is 8.71. The number of carbonyl (C=O) groups is 5. The van der Waals surface area contributed by atoms with E-state index in [2.05, 4.69) is 15.4 Å². The molecule has 1 heterocycles. The van der Waals surface area contributed by atoms with Crippen LogP contribution in [0.1, 0.15) is 74.7 Å². The molecule has 1 saturated heterocycles. The number of Topliss-reactive ketones (excluding diaryl/α,β-unsaturated/α-hetero) is 1. The highest BCUT2D eigenvalue weighted by Gasteiger charge is 2.69. The smallest absolute Gasteiger partial charge is 0.287 e. The normalized spacial score (nSPS) is 24.1. The van der Waals surface area contributed by atoms with Crippen molar-refractivity contribution in [2.24, 2.45) is 34.3 Å². The minimum Gasteiger partial charge on any atom is -0.363 e. The summed E-state index contributed by atoms with van der Waals surface area (Å²) in [5.41, 5.74) is 4.19.